The van der Waals surface area contributed by atoms with Gasteiger partial charge in [0.15, 0.2) is 0 Å². The molecule has 0 bridgehead atoms. The highest BCUT2D eigenvalue weighted by molar-refractivity contribution is 7.18. The molecular formula is C17H14FN3O2S. The normalized spacial score (nSPS) is 10.6. The first kappa shape index (κ1) is 16.1. The Balaban J connectivity index is 1.60. The summed E-state index contributed by atoms with van der Waals surface area (Å²) in [6.07, 6.45) is 0. The van der Waals surface area contributed by atoms with Crippen molar-refractivity contribution in [3.8, 4) is 0 Å². The number of rotatable bonds is 4. The van der Waals surface area contributed by atoms with Crippen molar-refractivity contribution < 1.29 is 14.0 Å². The lowest BCUT2D eigenvalue weighted by Gasteiger charge is -2.07. The number of nitrogens with zero attached hydrogens (tertiary/aromatic N) is 1. The Hall–Kier alpha value is -2.80. The summed E-state index contributed by atoms with van der Waals surface area (Å²) < 4.78 is 14.5. The molecule has 2 amide bonds. The first-order chi connectivity index (χ1) is 11.5. The van der Waals surface area contributed by atoms with Crippen molar-refractivity contribution >= 4 is 39.1 Å². The number of hydrogen-bond acceptors (Lipinski definition) is 4. The summed E-state index contributed by atoms with van der Waals surface area (Å²) in [6.45, 7) is 1.67. The van der Waals surface area contributed by atoms with Crippen LogP contribution in [0.4, 0.5) is 10.1 Å². The molecule has 3 aromatic rings. The summed E-state index contributed by atoms with van der Waals surface area (Å²) in [5, 5.41) is 6.05. The molecule has 0 saturated heterocycles. The largest absolute Gasteiger partial charge is 0.343 e. The monoisotopic (exact) mass is 343 g/mol. The van der Waals surface area contributed by atoms with Crippen LogP contribution in [0.1, 0.15) is 15.4 Å². The second-order valence-corrected chi connectivity index (χ2v) is 6.36. The molecule has 0 saturated carbocycles. The van der Waals surface area contributed by atoms with Crippen LogP contribution in [0.15, 0.2) is 42.5 Å². The van der Waals surface area contributed by atoms with Crippen molar-refractivity contribution in [2.75, 3.05) is 11.9 Å². The van der Waals surface area contributed by atoms with Crippen molar-refractivity contribution in [1.82, 2.24) is 10.3 Å². The van der Waals surface area contributed by atoms with Crippen LogP contribution >= 0.6 is 11.3 Å². The van der Waals surface area contributed by atoms with E-state index < -0.39 is 11.7 Å². The zero-order valence-corrected chi connectivity index (χ0v) is 13.6. The first-order valence-corrected chi connectivity index (χ1v) is 8.04. The maximum atomic E-state index is 13.5. The number of fused-ring (bicyclic) bond motifs is 1. The third-order valence-corrected chi connectivity index (χ3v) is 4.24. The van der Waals surface area contributed by atoms with Crippen molar-refractivity contribution in [3.05, 3.63) is 58.9 Å². The standard InChI is InChI=1S/C17H14FN3O2S/c1-10-20-14-7-6-11(8-15(14)24-10)21-16(22)9-19-17(23)12-4-2-3-5-13(12)18/h2-8H,9H2,1H3,(H,19,23)(H,21,22). The predicted molar refractivity (Wildman–Crippen MR) is 91.7 cm³/mol. The van der Waals surface area contributed by atoms with Crippen LogP contribution in [0.3, 0.4) is 0 Å². The minimum atomic E-state index is -0.628. The Labute approximate surface area is 141 Å². The third-order valence-electron chi connectivity index (χ3n) is 3.31. The van der Waals surface area contributed by atoms with Crippen molar-refractivity contribution in [1.29, 1.82) is 0 Å². The molecule has 0 aliphatic carbocycles. The smallest absolute Gasteiger partial charge is 0.254 e. The highest BCUT2D eigenvalue weighted by atomic mass is 32.1. The molecule has 122 valence electrons. The quantitative estimate of drug-likeness (QED) is 0.765. The van der Waals surface area contributed by atoms with E-state index in [1.807, 2.05) is 19.1 Å². The molecule has 0 aliphatic heterocycles. The van der Waals surface area contributed by atoms with E-state index in [4.69, 9.17) is 0 Å². The minimum absolute atomic E-state index is 0.0909. The maximum Gasteiger partial charge on any atom is 0.254 e. The molecule has 0 aliphatic rings. The van der Waals surface area contributed by atoms with Crippen LogP contribution in [-0.2, 0) is 4.79 Å². The molecule has 24 heavy (non-hydrogen) atoms. The van der Waals surface area contributed by atoms with Gasteiger partial charge in [-0.25, -0.2) is 9.37 Å². The lowest BCUT2D eigenvalue weighted by Crippen LogP contribution is -2.33. The summed E-state index contributed by atoms with van der Waals surface area (Å²) in [5.74, 6) is -1.64. The predicted octanol–water partition coefficient (Wildman–Crippen LogP) is 3.11. The Morgan fingerprint density at radius 1 is 1.21 bits per heavy atom. The Morgan fingerprint density at radius 3 is 2.79 bits per heavy atom. The summed E-state index contributed by atoms with van der Waals surface area (Å²) in [5.41, 5.74) is 1.41. The lowest BCUT2D eigenvalue weighted by atomic mass is 10.2. The Morgan fingerprint density at radius 2 is 2.00 bits per heavy atom. The SMILES string of the molecule is Cc1nc2ccc(NC(=O)CNC(=O)c3ccccc3F)cc2s1. The zero-order valence-electron chi connectivity index (χ0n) is 12.8. The Kier molecular flexibility index (Phi) is 4.52. The van der Waals surface area contributed by atoms with Crippen molar-refractivity contribution in [2.45, 2.75) is 6.92 Å². The van der Waals surface area contributed by atoms with Crippen molar-refractivity contribution in [3.63, 3.8) is 0 Å². The minimum Gasteiger partial charge on any atom is -0.343 e. The third kappa shape index (κ3) is 3.57. The number of nitrogens with one attached hydrogen (secondary N) is 2. The number of carbonyl (C=O) groups is 2. The van der Waals surface area contributed by atoms with E-state index in [-0.39, 0.29) is 18.0 Å². The number of aromatic nitrogens is 1. The molecule has 2 N–H and O–H groups in total. The topological polar surface area (TPSA) is 71.1 Å². The van der Waals surface area contributed by atoms with Gasteiger partial charge in [-0.2, -0.15) is 0 Å². The number of anilines is 1. The van der Waals surface area contributed by atoms with E-state index >= 15 is 0 Å². The van der Waals surface area contributed by atoms with E-state index in [0.29, 0.717) is 5.69 Å². The van der Waals surface area contributed by atoms with Gasteiger partial charge in [0.1, 0.15) is 5.82 Å². The molecule has 1 heterocycles. The van der Waals surface area contributed by atoms with E-state index in [1.54, 1.807) is 12.1 Å². The summed E-state index contributed by atoms with van der Waals surface area (Å²) in [7, 11) is 0. The molecule has 7 heteroatoms. The average Bonchev–Trinajstić information content (AvgIpc) is 2.92. The molecule has 2 aromatic carbocycles. The summed E-state index contributed by atoms with van der Waals surface area (Å²) >= 11 is 1.54. The van der Waals surface area contributed by atoms with Gasteiger partial charge in [-0.1, -0.05) is 12.1 Å². The second-order valence-electron chi connectivity index (χ2n) is 5.13. The van der Waals surface area contributed by atoms with E-state index in [1.165, 1.54) is 29.5 Å². The average molecular weight is 343 g/mol. The van der Waals surface area contributed by atoms with Gasteiger partial charge in [-0.3, -0.25) is 9.59 Å². The maximum absolute atomic E-state index is 13.5. The van der Waals surface area contributed by atoms with Gasteiger partial charge in [0.2, 0.25) is 5.91 Å². The van der Waals surface area contributed by atoms with Gasteiger partial charge >= 0.3 is 0 Å². The van der Waals surface area contributed by atoms with Gasteiger partial charge in [0, 0.05) is 5.69 Å². The number of carbonyl (C=O) groups excluding carboxylic acids is 2. The highest BCUT2D eigenvalue weighted by Crippen LogP contribution is 2.24. The van der Waals surface area contributed by atoms with Crippen LogP contribution in [-0.4, -0.2) is 23.3 Å². The molecular weight excluding hydrogens is 329 g/mol. The number of hydrogen-bond donors (Lipinski definition) is 2. The van der Waals surface area contributed by atoms with Gasteiger partial charge in [0.05, 0.1) is 27.3 Å². The van der Waals surface area contributed by atoms with Gasteiger partial charge in [-0.05, 0) is 37.3 Å². The molecule has 1 aromatic heterocycles. The highest BCUT2D eigenvalue weighted by Gasteiger charge is 2.12. The summed E-state index contributed by atoms with van der Waals surface area (Å²) in [4.78, 5) is 28.2. The number of thiazole rings is 1. The first-order valence-electron chi connectivity index (χ1n) is 7.23. The fraction of sp³-hybridized carbons (Fsp3) is 0.118. The molecule has 0 fully saturated rings. The number of halogens is 1. The molecule has 0 radical (unpaired) electrons. The van der Waals surface area contributed by atoms with Crippen LogP contribution in [0, 0.1) is 12.7 Å². The Bertz CT molecular complexity index is 923. The molecule has 0 atom stereocenters. The molecule has 3 rings (SSSR count). The van der Waals surface area contributed by atoms with E-state index in [0.717, 1.165) is 15.2 Å². The van der Waals surface area contributed by atoms with Crippen LogP contribution in [0.25, 0.3) is 10.2 Å². The number of benzene rings is 2. The van der Waals surface area contributed by atoms with Gasteiger partial charge in [-0.15, -0.1) is 11.3 Å². The van der Waals surface area contributed by atoms with Gasteiger partial charge in [0.25, 0.3) is 5.91 Å². The van der Waals surface area contributed by atoms with E-state index in [9.17, 15) is 14.0 Å². The van der Waals surface area contributed by atoms with E-state index in [2.05, 4.69) is 15.6 Å². The van der Waals surface area contributed by atoms with Crippen LogP contribution in [0.2, 0.25) is 0 Å². The zero-order chi connectivity index (χ0) is 17.1. The summed E-state index contributed by atoms with van der Waals surface area (Å²) in [6, 6.07) is 11.0. The fourth-order valence-electron chi connectivity index (χ4n) is 2.22. The van der Waals surface area contributed by atoms with Crippen LogP contribution < -0.4 is 10.6 Å². The molecule has 0 unspecified atom stereocenters. The second kappa shape index (κ2) is 6.76. The molecule has 5 nitrogen and oxygen atoms in total. The number of amides is 2. The molecule has 0 spiro atoms. The number of aryl methyl sites for hydroxylation is 1. The fourth-order valence-corrected chi connectivity index (χ4v) is 3.09. The van der Waals surface area contributed by atoms with Crippen molar-refractivity contribution in [2.24, 2.45) is 0 Å². The lowest BCUT2D eigenvalue weighted by molar-refractivity contribution is -0.115. The van der Waals surface area contributed by atoms with Gasteiger partial charge < -0.3 is 10.6 Å². The van der Waals surface area contributed by atoms with Crippen LogP contribution in [0.5, 0.6) is 0 Å².